The Kier molecular flexibility index (Phi) is 5.14. The lowest BCUT2D eigenvalue weighted by Crippen LogP contribution is -2.08. The monoisotopic (exact) mass is 266 g/mol. The molecule has 1 aromatic heterocycles. The summed E-state index contributed by atoms with van der Waals surface area (Å²) in [5, 5.41) is 0. The van der Waals surface area contributed by atoms with Crippen LogP contribution < -0.4 is 5.73 Å². The van der Waals surface area contributed by atoms with Gasteiger partial charge in [0.15, 0.2) is 5.58 Å². The number of rotatable bonds is 8. The molecule has 0 aliphatic carbocycles. The fourth-order valence-corrected chi connectivity index (χ4v) is 1.57. The van der Waals surface area contributed by atoms with E-state index < -0.39 is 0 Å². The van der Waals surface area contributed by atoms with Crippen LogP contribution in [0.4, 0.5) is 5.69 Å². The zero-order valence-electron chi connectivity index (χ0n) is 10.9. The van der Waals surface area contributed by atoms with Gasteiger partial charge in [-0.1, -0.05) is 0 Å². The molecule has 1 heterocycles. The van der Waals surface area contributed by atoms with Gasteiger partial charge in [-0.3, -0.25) is 0 Å². The molecule has 0 unspecified atom stereocenters. The third-order valence-electron chi connectivity index (χ3n) is 2.49. The Morgan fingerprint density at radius 1 is 1.16 bits per heavy atom. The van der Waals surface area contributed by atoms with E-state index in [2.05, 4.69) is 4.98 Å². The average Bonchev–Trinajstić information content (AvgIpc) is 2.79. The molecule has 0 spiro atoms. The topological polar surface area (TPSA) is 79.7 Å². The lowest BCUT2D eigenvalue weighted by atomic mass is 10.3. The second-order valence-electron chi connectivity index (χ2n) is 3.99. The summed E-state index contributed by atoms with van der Waals surface area (Å²) in [6.45, 7) is 2.50. The summed E-state index contributed by atoms with van der Waals surface area (Å²) in [5.41, 5.74) is 7.78. The normalized spacial score (nSPS) is 11.2. The van der Waals surface area contributed by atoms with Gasteiger partial charge >= 0.3 is 0 Å². The van der Waals surface area contributed by atoms with Crippen molar-refractivity contribution in [3.63, 3.8) is 0 Å². The van der Waals surface area contributed by atoms with Crippen LogP contribution in [0.5, 0.6) is 0 Å². The maximum Gasteiger partial charge on any atom is 0.221 e. The molecule has 2 aromatic rings. The summed E-state index contributed by atoms with van der Waals surface area (Å²) in [6.07, 6.45) is 0. The molecule has 0 aliphatic heterocycles. The minimum Gasteiger partial charge on any atom is -0.438 e. The number of aromatic nitrogens is 1. The van der Waals surface area contributed by atoms with Crippen molar-refractivity contribution < 1.29 is 18.6 Å². The summed E-state index contributed by atoms with van der Waals surface area (Å²) in [5.74, 6) is 0.539. The number of fused-ring (bicyclic) bond motifs is 1. The van der Waals surface area contributed by atoms with Crippen molar-refractivity contribution in [2.75, 3.05) is 39.3 Å². The fourth-order valence-electron chi connectivity index (χ4n) is 1.57. The van der Waals surface area contributed by atoms with Gasteiger partial charge in [0, 0.05) is 18.9 Å². The van der Waals surface area contributed by atoms with Crippen molar-refractivity contribution in [2.24, 2.45) is 0 Å². The third kappa shape index (κ3) is 4.20. The van der Waals surface area contributed by atoms with Crippen molar-refractivity contribution in [2.45, 2.75) is 6.61 Å². The van der Waals surface area contributed by atoms with Crippen molar-refractivity contribution in [3.05, 3.63) is 24.1 Å². The van der Waals surface area contributed by atoms with Crippen LogP contribution in [0.25, 0.3) is 11.1 Å². The molecule has 0 amide bonds. The molecule has 0 fully saturated rings. The smallest absolute Gasteiger partial charge is 0.221 e. The van der Waals surface area contributed by atoms with Crippen LogP contribution in [0.15, 0.2) is 22.6 Å². The van der Waals surface area contributed by atoms with Gasteiger partial charge in [0.25, 0.3) is 0 Å². The zero-order valence-corrected chi connectivity index (χ0v) is 10.9. The first-order chi connectivity index (χ1) is 9.29. The van der Waals surface area contributed by atoms with Gasteiger partial charge in [-0.2, -0.15) is 0 Å². The molecule has 0 aliphatic rings. The number of nitrogens with zero attached hydrogens (tertiary/aromatic N) is 1. The van der Waals surface area contributed by atoms with Crippen LogP contribution in [-0.2, 0) is 20.8 Å². The number of methoxy groups -OCH3 is 1. The lowest BCUT2D eigenvalue weighted by Gasteiger charge is -2.03. The summed E-state index contributed by atoms with van der Waals surface area (Å²) in [6, 6.07) is 5.37. The second kappa shape index (κ2) is 7.08. The molecular weight excluding hydrogens is 248 g/mol. The Morgan fingerprint density at radius 2 is 1.95 bits per heavy atom. The summed E-state index contributed by atoms with van der Waals surface area (Å²) in [7, 11) is 1.64. The molecule has 6 nitrogen and oxygen atoms in total. The van der Waals surface area contributed by atoms with Crippen LogP contribution >= 0.6 is 0 Å². The fraction of sp³-hybridized carbons (Fsp3) is 0.462. The van der Waals surface area contributed by atoms with E-state index in [1.54, 1.807) is 19.2 Å². The molecule has 0 atom stereocenters. The molecule has 104 valence electrons. The van der Waals surface area contributed by atoms with E-state index in [1.165, 1.54) is 0 Å². The number of hydrogen-bond donors (Lipinski definition) is 1. The highest BCUT2D eigenvalue weighted by atomic mass is 16.5. The van der Waals surface area contributed by atoms with Crippen molar-refractivity contribution in [1.82, 2.24) is 4.98 Å². The van der Waals surface area contributed by atoms with Crippen LogP contribution in [0.2, 0.25) is 0 Å². The molecule has 6 heteroatoms. The molecular formula is C13H18N2O4. The molecule has 0 saturated heterocycles. The van der Waals surface area contributed by atoms with E-state index in [0.29, 0.717) is 50.2 Å². The molecule has 2 rings (SSSR count). The Morgan fingerprint density at radius 3 is 2.79 bits per heavy atom. The largest absolute Gasteiger partial charge is 0.438 e. The van der Waals surface area contributed by atoms with Gasteiger partial charge in [0.1, 0.15) is 12.1 Å². The molecule has 0 saturated carbocycles. The van der Waals surface area contributed by atoms with E-state index in [4.69, 9.17) is 24.4 Å². The van der Waals surface area contributed by atoms with E-state index in [1.807, 2.05) is 6.07 Å². The number of ether oxygens (including phenoxy) is 3. The second-order valence-corrected chi connectivity index (χ2v) is 3.99. The maximum atomic E-state index is 5.67. The number of nitrogen functional groups attached to an aromatic ring is 1. The van der Waals surface area contributed by atoms with Gasteiger partial charge in [-0.05, 0) is 12.1 Å². The number of benzene rings is 1. The van der Waals surface area contributed by atoms with E-state index in [-0.39, 0.29) is 0 Å². The van der Waals surface area contributed by atoms with Gasteiger partial charge < -0.3 is 24.4 Å². The van der Waals surface area contributed by atoms with Crippen molar-refractivity contribution in [1.29, 1.82) is 0 Å². The van der Waals surface area contributed by atoms with E-state index in [9.17, 15) is 0 Å². The van der Waals surface area contributed by atoms with Crippen molar-refractivity contribution in [3.8, 4) is 0 Å². The first-order valence-corrected chi connectivity index (χ1v) is 6.09. The van der Waals surface area contributed by atoms with Gasteiger partial charge in [-0.25, -0.2) is 4.98 Å². The predicted molar refractivity (Wildman–Crippen MR) is 70.8 cm³/mol. The SMILES string of the molecule is COCCOCCOCc1nc2ccc(N)cc2o1. The highest BCUT2D eigenvalue weighted by Gasteiger charge is 2.05. The summed E-state index contributed by atoms with van der Waals surface area (Å²) < 4.78 is 21.1. The summed E-state index contributed by atoms with van der Waals surface area (Å²) >= 11 is 0. The molecule has 0 bridgehead atoms. The van der Waals surface area contributed by atoms with Crippen LogP contribution in [0, 0.1) is 0 Å². The molecule has 1 aromatic carbocycles. The maximum absolute atomic E-state index is 5.67. The standard InChI is InChI=1S/C13H18N2O4/c1-16-4-5-17-6-7-18-9-13-15-11-3-2-10(14)8-12(11)19-13/h2-3,8H,4-7,9,14H2,1H3. The van der Waals surface area contributed by atoms with Crippen LogP contribution in [0.1, 0.15) is 5.89 Å². The Bertz CT molecular complexity index is 512. The van der Waals surface area contributed by atoms with E-state index in [0.717, 1.165) is 5.52 Å². The minimum absolute atomic E-state index is 0.322. The van der Waals surface area contributed by atoms with Gasteiger partial charge in [-0.15, -0.1) is 0 Å². The predicted octanol–water partition coefficient (Wildman–Crippen LogP) is 1.59. The lowest BCUT2D eigenvalue weighted by molar-refractivity contribution is 0.0154. The number of anilines is 1. The molecule has 0 radical (unpaired) electrons. The zero-order chi connectivity index (χ0) is 13.5. The van der Waals surface area contributed by atoms with E-state index >= 15 is 0 Å². The Balaban J connectivity index is 1.72. The highest BCUT2D eigenvalue weighted by molar-refractivity contribution is 5.76. The van der Waals surface area contributed by atoms with Crippen molar-refractivity contribution >= 4 is 16.8 Å². The quantitative estimate of drug-likeness (QED) is 0.577. The highest BCUT2D eigenvalue weighted by Crippen LogP contribution is 2.18. The minimum atomic E-state index is 0.322. The summed E-state index contributed by atoms with van der Waals surface area (Å²) in [4.78, 5) is 4.29. The molecule has 2 N–H and O–H groups in total. The number of nitrogens with two attached hydrogens (primary N) is 1. The van der Waals surface area contributed by atoms with Crippen LogP contribution in [-0.4, -0.2) is 38.5 Å². The Labute approximate surface area is 111 Å². The number of oxazole rings is 1. The first-order valence-electron chi connectivity index (χ1n) is 6.09. The van der Waals surface area contributed by atoms with Gasteiger partial charge in [0.05, 0.1) is 26.4 Å². The molecule has 19 heavy (non-hydrogen) atoms. The Hall–Kier alpha value is -1.63. The third-order valence-corrected chi connectivity index (χ3v) is 2.49. The number of hydrogen-bond acceptors (Lipinski definition) is 6. The van der Waals surface area contributed by atoms with Gasteiger partial charge in [0.2, 0.25) is 5.89 Å². The first kappa shape index (κ1) is 13.8. The van der Waals surface area contributed by atoms with Crippen LogP contribution in [0.3, 0.4) is 0 Å². The average molecular weight is 266 g/mol.